The van der Waals surface area contributed by atoms with E-state index in [0.717, 1.165) is 48.3 Å². The molecule has 5 aromatic carbocycles. The molecule has 22 nitrogen and oxygen atoms in total. The summed E-state index contributed by atoms with van der Waals surface area (Å²) in [4.78, 5) is -3.31. The minimum atomic E-state index is -5.24. The lowest BCUT2D eigenvalue weighted by molar-refractivity contribution is -0.849. The molecule has 0 atom stereocenters. The highest BCUT2D eigenvalue weighted by Crippen LogP contribution is 2.43. The number of benzene rings is 5. The number of rotatable bonds is 8. The summed E-state index contributed by atoms with van der Waals surface area (Å²) in [6.07, 6.45) is 0. The average Bonchev–Trinajstić information content (AvgIpc) is 3.09. The lowest BCUT2D eigenvalue weighted by Crippen LogP contribution is -2.27. The van der Waals surface area contributed by atoms with Gasteiger partial charge in [-0.1, -0.05) is 11.8 Å². The number of anilines is 1. The smallest absolute Gasteiger partial charge is 0.296 e. The van der Waals surface area contributed by atoms with Crippen LogP contribution in [0.4, 0.5) is 28.4 Å². The maximum atomic E-state index is 13.3. The quantitative estimate of drug-likeness (QED) is 0.0919. The van der Waals surface area contributed by atoms with E-state index in [-0.39, 0.29) is 27.8 Å². The molecule has 0 heterocycles. The maximum absolute atomic E-state index is 13.3. The van der Waals surface area contributed by atoms with Crippen LogP contribution < -0.4 is 10.8 Å². The minimum absolute atomic E-state index is 0.0489. The molecular weight excluding hydrogens is 967 g/mol. The second-order valence-electron chi connectivity index (χ2n) is 20.4. The van der Waals surface area contributed by atoms with Gasteiger partial charge in [0.15, 0.2) is 0 Å². The molecule has 0 radical (unpaired) electrons. The lowest BCUT2D eigenvalue weighted by atomic mass is 10.1. The van der Waals surface area contributed by atoms with Crippen molar-refractivity contribution in [1.29, 1.82) is 0 Å². The molecule has 68 heavy (non-hydrogen) atoms. The highest BCUT2D eigenvalue weighted by atomic mass is 32.2. The number of quaternary nitrogens is 4. The molecule has 26 heteroatoms. The van der Waals surface area contributed by atoms with Crippen LogP contribution in [0.2, 0.25) is 0 Å². The topological polar surface area (TPSA) is 324 Å². The second kappa shape index (κ2) is 22.5. The Morgan fingerprint density at radius 2 is 0.838 bits per heavy atom. The summed E-state index contributed by atoms with van der Waals surface area (Å²) >= 11 is 0. The summed E-state index contributed by atoms with van der Waals surface area (Å²) in [5, 5.41) is 28.0. The monoisotopic (exact) mass is 1030 g/mol. The fourth-order valence-electron chi connectivity index (χ4n) is 4.41. The molecule has 0 spiro atoms. The zero-order valence-electron chi connectivity index (χ0n) is 41.1. The third kappa shape index (κ3) is 23.3. The molecule has 378 valence electrons. The molecule has 0 aromatic heterocycles. The highest BCUT2D eigenvalue weighted by molar-refractivity contribution is 7.86. The predicted molar refractivity (Wildman–Crippen MR) is 256 cm³/mol. The SMILES string of the molecule is C[N+](C)(C)C.C[N+](C)(C)C.C[N+](C)(C)C.C[N+](C)(C)C.Nc1cc2c([O-])c(N=Nc3ccc(N=Nc4ccc(S(=O)(=O)[O-])cc4)c4ccc(S(=O)(=O)[O-])cc34)c(S(=O)(=O)O)cc2cc1S(=O)(=O)[O-]. The van der Waals surface area contributed by atoms with Crippen molar-refractivity contribution in [2.75, 3.05) is 118 Å². The molecule has 5 rings (SSSR count). The normalized spacial score (nSPS) is 12.9. The molecule has 0 aliphatic heterocycles. The van der Waals surface area contributed by atoms with Gasteiger partial charge in [-0.25, -0.2) is 25.3 Å². The summed E-state index contributed by atoms with van der Waals surface area (Å²) < 4.78 is 142. The van der Waals surface area contributed by atoms with E-state index < -0.39 is 88.0 Å². The molecule has 0 saturated carbocycles. The van der Waals surface area contributed by atoms with E-state index in [1.165, 1.54) is 30.3 Å². The number of nitrogens with zero attached hydrogens (tertiary/aromatic N) is 8. The van der Waals surface area contributed by atoms with Crippen molar-refractivity contribution in [3.63, 3.8) is 0 Å². The largest absolute Gasteiger partial charge is 0.871 e. The summed E-state index contributed by atoms with van der Waals surface area (Å²) in [6, 6.07) is 12.0. The zero-order valence-corrected chi connectivity index (χ0v) is 44.3. The van der Waals surface area contributed by atoms with Crippen molar-refractivity contribution in [2.45, 2.75) is 19.6 Å². The van der Waals surface area contributed by atoms with Crippen LogP contribution in [0.3, 0.4) is 0 Å². The Hall–Kier alpha value is -5.10. The standard InChI is InChI=1S/C26H19N5O13S4.4C4H12N/c27-20-12-18-13(9-23(20)47(39,40)41)10-24(48(42,43)44)25(26(18)32)31-30-22-8-7-21(17-6-5-16(11-19(17)22)46(36,37)38)29-28-14-1-3-15(4-2-14)45(33,34)35;4*1-5(2,3)4/h1-12,32H,27H2,(H,33,34,35)(H,36,37,38)(H,39,40,41)(H,42,43,44);4*1-4H3/q;4*+1/p-4. The predicted octanol–water partition coefficient (Wildman–Crippen LogP) is 4.73. The van der Waals surface area contributed by atoms with Gasteiger partial charge in [0.1, 0.15) is 35.2 Å². The lowest BCUT2D eigenvalue weighted by Gasteiger charge is -2.19. The maximum Gasteiger partial charge on any atom is 0.296 e. The van der Waals surface area contributed by atoms with E-state index >= 15 is 0 Å². The first kappa shape index (κ1) is 60.9. The Bertz CT molecular complexity index is 3030. The van der Waals surface area contributed by atoms with Gasteiger partial charge < -0.3 is 42.4 Å². The van der Waals surface area contributed by atoms with Gasteiger partial charge >= 0.3 is 0 Å². The van der Waals surface area contributed by atoms with Crippen LogP contribution in [0.15, 0.2) is 113 Å². The number of nitrogen functional groups attached to an aromatic ring is 1. The molecular formula is C42H63N9O13S4. The fourth-order valence-corrected chi connectivity index (χ4v) is 6.65. The van der Waals surface area contributed by atoms with Crippen molar-refractivity contribution in [3.05, 3.63) is 72.8 Å². The van der Waals surface area contributed by atoms with Crippen molar-refractivity contribution < 1.29 is 74.9 Å². The average molecular weight is 1030 g/mol. The minimum Gasteiger partial charge on any atom is -0.871 e. The first-order chi connectivity index (χ1) is 30.1. The van der Waals surface area contributed by atoms with Gasteiger partial charge in [0, 0.05) is 16.5 Å². The van der Waals surface area contributed by atoms with Gasteiger partial charge in [-0.15, -0.1) is 15.3 Å². The zero-order chi connectivity index (χ0) is 53.4. The van der Waals surface area contributed by atoms with Crippen LogP contribution in [0.5, 0.6) is 5.75 Å². The molecule has 0 fully saturated rings. The van der Waals surface area contributed by atoms with E-state index in [1.807, 2.05) is 0 Å². The molecule has 0 saturated heterocycles. The molecule has 0 unspecified atom stereocenters. The van der Waals surface area contributed by atoms with Gasteiger partial charge in [0.05, 0.1) is 150 Å². The second-order valence-corrected chi connectivity index (χ2v) is 25.9. The van der Waals surface area contributed by atoms with Crippen molar-refractivity contribution in [1.82, 2.24) is 0 Å². The number of hydrogen-bond acceptors (Lipinski definition) is 17. The first-order valence-corrected chi connectivity index (χ1v) is 25.4. The van der Waals surface area contributed by atoms with E-state index in [9.17, 15) is 57.0 Å². The fraction of sp³-hybridized carbons (Fsp3) is 0.381. The van der Waals surface area contributed by atoms with Crippen LogP contribution in [0.25, 0.3) is 21.5 Å². The van der Waals surface area contributed by atoms with Crippen molar-refractivity contribution >= 4 is 90.5 Å². The van der Waals surface area contributed by atoms with Crippen LogP contribution >= 0.6 is 0 Å². The molecule has 0 aliphatic rings. The van der Waals surface area contributed by atoms with E-state index in [1.54, 1.807) is 0 Å². The number of azo groups is 2. The van der Waals surface area contributed by atoms with Gasteiger partial charge in [-0.05, 0) is 77.5 Å². The van der Waals surface area contributed by atoms with Crippen molar-refractivity contribution in [3.8, 4) is 5.75 Å². The number of nitrogens with two attached hydrogens (primary N) is 1. The van der Waals surface area contributed by atoms with Gasteiger partial charge in [-0.2, -0.15) is 13.5 Å². The molecule has 3 N–H and O–H groups in total. The molecule has 5 aromatic rings. The van der Waals surface area contributed by atoms with Crippen LogP contribution in [0.1, 0.15) is 0 Å². The Morgan fingerprint density at radius 3 is 1.24 bits per heavy atom. The van der Waals surface area contributed by atoms with Crippen LogP contribution in [0, 0.1) is 0 Å². The Morgan fingerprint density at radius 1 is 0.456 bits per heavy atom. The summed E-state index contributed by atoms with van der Waals surface area (Å²) in [5.41, 5.74) is 3.93. The van der Waals surface area contributed by atoms with Gasteiger partial charge in [-0.3, -0.25) is 4.55 Å². The Labute approximate surface area is 400 Å². The Balaban J connectivity index is 0.000000970. The van der Waals surface area contributed by atoms with Crippen molar-refractivity contribution in [2.24, 2.45) is 20.5 Å². The highest BCUT2D eigenvalue weighted by Gasteiger charge is 2.21. The van der Waals surface area contributed by atoms with E-state index in [0.29, 0.717) is 12.1 Å². The number of fused-ring (bicyclic) bond motifs is 2. The van der Waals surface area contributed by atoms with Gasteiger partial charge in [0.25, 0.3) is 10.1 Å². The molecule has 0 aliphatic carbocycles. The Kier molecular flexibility index (Phi) is 20.2. The van der Waals surface area contributed by atoms with Gasteiger partial charge in [0.2, 0.25) is 0 Å². The van der Waals surface area contributed by atoms with E-state index in [2.05, 4.69) is 133 Å². The third-order valence-corrected chi connectivity index (χ3v) is 10.0. The van der Waals surface area contributed by atoms with Crippen LogP contribution in [-0.2, 0) is 40.5 Å². The molecule has 0 amide bonds. The number of hydrogen-bond donors (Lipinski definition) is 2. The summed E-state index contributed by atoms with van der Waals surface area (Å²) in [7, 11) is 13.9. The summed E-state index contributed by atoms with van der Waals surface area (Å²) in [6.45, 7) is 0. The molecule has 0 bridgehead atoms. The third-order valence-electron chi connectivity index (χ3n) is 6.60. The first-order valence-electron chi connectivity index (χ1n) is 19.7. The summed E-state index contributed by atoms with van der Waals surface area (Å²) in [5.74, 6) is -1.21. The van der Waals surface area contributed by atoms with E-state index in [4.69, 9.17) is 5.73 Å². The van der Waals surface area contributed by atoms with Crippen LogP contribution in [-0.4, -0.2) is 183 Å².